The van der Waals surface area contributed by atoms with Crippen molar-refractivity contribution in [3.63, 3.8) is 0 Å². The lowest BCUT2D eigenvalue weighted by Crippen LogP contribution is -2.35. The first-order chi connectivity index (χ1) is 8.63. The summed E-state index contributed by atoms with van der Waals surface area (Å²) < 4.78 is 0. The Bertz CT molecular complexity index is 439. The van der Waals surface area contributed by atoms with Gasteiger partial charge in [0.15, 0.2) is 0 Å². The number of likely N-dealkylation sites (N-methyl/N-ethyl adjacent to an activating group) is 1. The second-order valence-electron chi connectivity index (χ2n) is 4.13. The normalized spacial score (nSPS) is 10.1. The molecule has 0 radical (unpaired) electrons. The minimum Gasteiger partial charge on any atom is -0.398 e. The molecule has 0 aliphatic heterocycles. The van der Waals surface area contributed by atoms with Gasteiger partial charge in [-0.15, -0.1) is 0 Å². The van der Waals surface area contributed by atoms with Crippen LogP contribution in [-0.4, -0.2) is 30.9 Å². The third kappa shape index (κ3) is 4.85. The van der Waals surface area contributed by atoms with Crippen molar-refractivity contribution in [1.29, 1.82) is 5.26 Å². The van der Waals surface area contributed by atoms with Crippen LogP contribution in [-0.2, 0) is 11.3 Å². The molecule has 5 heteroatoms. The number of carbonyl (C=O) groups excluding carboxylic acids is 1. The van der Waals surface area contributed by atoms with Gasteiger partial charge in [0.05, 0.1) is 19.0 Å². The molecule has 1 rings (SSSR count). The molecule has 0 unspecified atom stereocenters. The maximum absolute atomic E-state index is 11.5. The van der Waals surface area contributed by atoms with Gasteiger partial charge in [-0.2, -0.15) is 5.26 Å². The summed E-state index contributed by atoms with van der Waals surface area (Å²) in [7, 11) is 1.86. The van der Waals surface area contributed by atoms with Gasteiger partial charge in [-0.05, 0) is 18.7 Å². The molecular formula is C13H18N4O. The predicted octanol–water partition coefficient (Wildman–Crippen LogP) is 0.730. The van der Waals surface area contributed by atoms with Crippen molar-refractivity contribution < 1.29 is 4.79 Å². The van der Waals surface area contributed by atoms with E-state index in [1.165, 1.54) is 0 Å². The Morgan fingerprint density at radius 2 is 2.22 bits per heavy atom. The molecule has 5 nitrogen and oxygen atoms in total. The van der Waals surface area contributed by atoms with Crippen molar-refractivity contribution >= 4 is 11.6 Å². The van der Waals surface area contributed by atoms with E-state index in [1.54, 1.807) is 0 Å². The number of nitrogen functional groups attached to an aromatic ring is 1. The van der Waals surface area contributed by atoms with Crippen molar-refractivity contribution in [3.8, 4) is 6.07 Å². The summed E-state index contributed by atoms with van der Waals surface area (Å²) in [6.07, 6.45) is 0.334. The van der Waals surface area contributed by atoms with Gasteiger partial charge in [0.1, 0.15) is 0 Å². The molecule has 1 amide bonds. The fourth-order valence-corrected chi connectivity index (χ4v) is 1.58. The molecule has 18 heavy (non-hydrogen) atoms. The third-order valence-corrected chi connectivity index (χ3v) is 2.47. The van der Waals surface area contributed by atoms with E-state index >= 15 is 0 Å². The lowest BCUT2D eigenvalue weighted by Gasteiger charge is -2.17. The number of nitrogens with two attached hydrogens (primary N) is 1. The van der Waals surface area contributed by atoms with E-state index in [0.29, 0.717) is 26.1 Å². The summed E-state index contributed by atoms with van der Waals surface area (Å²) in [5.41, 5.74) is 7.57. The molecule has 3 N–H and O–H groups in total. The quantitative estimate of drug-likeness (QED) is 0.572. The number of nitrogens with one attached hydrogen (secondary N) is 1. The standard InChI is InChI=1S/C13H18N4O/c1-17(10-13(18)16-8-4-7-14)9-11-5-2-3-6-12(11)15/h2-3,5-6H,4,8-10,15H2,1H3,(H,16,18). The molecule has 96 valence electrons. The first kappa shape index (κ1) is 14.0. The first-order valence-electron chi connectivity index (χ1n) is 5.79. The van der Waals surface area contributed by atoms with Gasteiger partial charge in [-0.3, -0.25) is 9.69 Å². The maximum Gasteiger partial charge on any atom is 0.234 e. The molecule has 0 saturated heterocycles. The van der Waals surface area contributed by atoms with E-state index in [1.807, 2.05) is 42.3 Å². The number of nitrogens with zero attached hydrogens (tertiary/aromatic N) is 2. The minimum absolute atomic E-state index is 0.0812. The first-order valence-corrected chi connectivity index (χ1v) is 5.79. The van der Waals surface area contributed by atoms with Crippen molar-refractivity contribution in [2.24, 2.45) is 0 Å². The Kier molecular flexibility index (Phi) is 5.68. The van der Waals surface area contributed by atoms with Crippen LogP contribution < -0.4 is 11.1 Å². The molecule has 1 aromatic carbocycles. The number of para-hydroxylation sites is 1. The number of rotatable bonds is 6. The molecule has 0 saturated carbocycles. The molecule has 0 heterocycles. The molecule has 1 aromatic rings. The van der Waals surface area contributed by atoms with Crippen LogP contribution in [0.4, 0.5) is 5.69 Å². The Morgan fingerprint density at radius 3 is 2.89 bits per heavy atom. The average Bonchev–Trinajstić information content (AvgIpc) is 2.32. The van der Waals surface area contributed by atoms with Crippen LogP contribution in [0.3, 0.4) is 0 Å². The highest BCUT2D eigenvalue weighted by molar-refractivity contribution is 5.77. The predicted molar refractivity (Wildman–Crippen MR) is 70.4 cm³/mol. The monoisotopic (exact) mass is 246 g/mol. The number of hydrogen-bond acceptors (Lipinski definition) is 4. The van der Waals surface area contributed by atoms with Gasteiger partial charge in [0.25, 0.3) is 0 Å². The van der Waals surface area contributed by atoms with Gasteiger partial charge in [0, 0.05) is 18.8 Å². The van der Waals surface area contributed by atoms with Gasteiger partial charge in [0.2, 0.25) is 5.91 Å². The van der Waals surface area contributed by atoms with Crippen molar-refractivity contribution in [2.75, 3.05) is 25.9 Å². The van der Waals surface area contributed by atoms with Gasteiger partial charge in [-0.1, -0.05) is 18.2 Å². The van der Waals surface area contributed by atoms with E-state index in [4.69, 9.17) is 11.0 Å². The molecule has 0 aliphatic rings. The van der Waals surface area contributed by atoms with Crippen LogP contribution in [0.1, 0.15) is 12.0 Å². The van der Waals surface area contributed by atoms with Gasteiger partial charge < -0.3 is 11.1 Å². The second kappa shape index (κ2) is 7.30. The lowest BCUT2D eigenvalue weighted by molar-refractivity contribution is -0.122. The van der Waals surface area contributed by atoms with Crippen molar-refractivity contribution in [3.05, 3.63) is 29.8 Å². The highest BCUT2D eigenvalue weighted by Crippen LogP contribution is 2.12. The summed E-state index contributed by atoms with van der Waals surface area (Å²) in [6, 6.07) is 9.57. The molecule has 0 fully saturated rings. The molecule has 0 aliphatic carbocycles. The molecular weight excluding hydrogens is 228 g/mol. The second-order valence-corrected chi connectivity index (χ2v) is 4.13. The smallest absolute Gasteiger partial charge is 0.234 e. The highest BCUT2D eigenvalue weighted by Gasteiger charge is 2.07. The lowest BCUT2D eigenvalue weighted by atomic mass is 10.2. The third-order valence-electron chi connectivity index (χ3n) is 2.47. The summed E-state index contributed by atoms with van der Waals surface area (Å²) in [5.74, 6) is -0.0812. The van der Waals surface area contributed by atoms with Crippen LogP contribution in [0.25, 0.3) is 0 Å². The van der Waals surface area contributed by atoms with E-state index in [2.05, 4.69) is 5.32 Å². The zero-order chi connectivity index (χ0) is 13.4. The Morgan fingerprint density at radius 1 is 1.50 bits per heavy atom. The number of benzene rings is 1. The minimum atomic E-state index is -0.0812. The fraction of sp³-hybridized carbons (Fsp3) is 0.385. The zero-order valence-corrected chi connectivity index (χ0v) is 10.5. The van der Waals surface area contributed by atoms with Crippen LogP contribution in [0.2, 0.25) is 0 Å². The van der Waals surface area contributed by atoms with E-state index < -0.39 is 0 Å². The fourth-order valence-electron chi connectivity index (χ4n) is 1.58. The molecule has 0 spiro atoms. The van der Waals surface area contributed by atoms with E-state index in [9.17, 15) is 4.79 Å². The number of carbonyl (C=O) groups is 1. The van der Waals surface area contributed by atoms with E-state index in [0.717, 1.165) is 11.3 Å². The Hall–Kier alpha value is -2.06. The van der Waals surface area contributed by atoms with Crippen LogP contribution in [0.15, 0.2) is 24.3 Å². The van der Waals surface area contributed by atoms with Crippen LogP contribution in [0.5, 0.6) is 0 Å². The number of nitriles is 1. The molecule has 0 aromatic heterocycles. The van der Waals surface area contributed by atoms with E-state index in [-0.39, 0.29) is 5.91 Å². The zero-order valence-electron chi connectivity index (χ0n) is 10.5. The number of hydrogen-bond donors (Lipinski definition) is 2. The maximum atomic E-state index is 11.5. The molecule has 0 bridgehead atoms. The topological polar surface area (TPSA) is 82.2 Å². The SMILES string of the molecule is CN(CC(=O)NCCC#N)Cc1ccccc1N. The Labute approximate surface area is 107 Å². The highest BCUT2D eigenvalue weighted by atomic mass is 16.2. The van der Waals surface area contributed by atoms with Crippen molar-refractivity contribution in [2.45, 2.75) is 13.0 Å². The number of amides is 1. The van der Waals surface area contributed by atoms with Crippen LogP contribution in [0, 0.1) is 11.3 Å². The summed E-state index contributed by atoms with van der Waals surface area (Å²) >= 11 is 0. The average molecular weight is 246 g/mol. The van der Waals surface area contributed by atoms with Crippen molar-refractivity contribution in [1.82, 2.24) is 10.2 Å². The van der Waals surface area contributed by atoms with Gasteiger partial charge in [-0.25, -0.2) is 0 Å². The summed E-state index contributed by atoms with van der Waals surface area (Å²) in [5, 5.41) is 11.0. The number of anilines is 1. The van der Waals surface area contributed by atoms with Gasteiger partial charge >= 0.3 is 0 Å². The Balaban J connectivity index is 2.38. The summed E-state index contributed by atoms with van der Waals surface area (Å²) in [4.78, 5) is 13.4. The summed E-state index contributed by atoms with van der Waals surface area (Å²) in [6.45, 7) is 1.31. The van der Waals surface area contributed by atoms with Crippen LogP contribution >= 0.6 is 0 Å². The largest absolute Gasteiger partial charge is 0.398 e. The molecule has 0 atom stereocenters.